The number of carbonyl (C=O) groups is 3. The smallest absolute Gasteiger partial charge is 0.318 e. The van der Waals surface area contributed by atoms with Gasteiger partial charge in [-0.1, -0.05) is 0 Å². The first-order valence-corrected chi connectivity index (χ1v) is 7.77. The van der Waals surface area contributed by atoms with Crippen molar-refractivity contribution in [3.63, 3.8) is 0 Å². The Labute approximate surface area is 116 Å². The van der Waals surface area contributed by atoms with Crippen LogP contribution in [0.2, 0.25) is 0 Å². The molecular formula is C10H17N3O6S. The first-order chi connectivity index (χ1) is 9.19. The van der Waals surface area contributed by atoms with Crippen LogP contribution in [0.1, 0.15) is 12.8 Å². The molecule has 1 unspecified atom stereocenters. The number of amides is 3. The Bertz CT molecular complexity index is 503. The first kappa shape index (κ1) is 16.4. The molecule has 0 radical (unpaired) electrons. The van der Waals surface area contributed by atoms with Gasteiger partial charge in [-0.3, -0.25) is 19.8 Å². The van der Waals surface area contributed by atoms with Crippen LogP contribution in [0.25, 0.3) is 0 Å². The number of carboxylic acid groups (broad SMARTS) is 1. The summed E-state index contributed by atoms with van der Waals surface area (Å²) < 4.78 is 22.8. The number of hydrogen-bond acceptors (Lipinski definition) is 6. The van der Waals surface area contributed by atoms with E-state index < -0.39 is 33.8 Å². The zero-order chi connectivity index (χ0) is 15.3. The lowest BCUT2D eigenvalue weighted by Gasteiger charge is -2.25. The number of imide groups is 1. The van der Waals surface area contributed by atoms with E-state index in [9.17, 15) is 22.8 Å². The molecule has 4 N–H and O–H groups in total. The van der Waals surface area contributed by atoms with E-state index in [0.29, 0.717) is 6.42 Å². The summed E-state index contributed by atoms with van der Waals surface area (Å²) in [4.78, 5) is 34.0. The highest BCUT2D eigenvalue weighted by Gasteiger charge is 2.33. The second kappa shape index (κ2) is 6.66. The number of nitrogens with one attached hydrogen (secondary N) is 1. The molecule has 0 spiro atoms. The molecule has 1 atom stereocenters. The summed E-state index contributed by atoms with van der Waals surface area (Å²) >= 11 is 0. The van der Waals surface area contributed by atoms with Crippen LogP contribution in [0.5, 0.6) is 0 Å². The van der Waals surface area contributed by atoms with E-state index in [4.69, 9.17) is 10.8 Å². The fraction of sp³-hybridized carbons (Fsp3) is 0.700. The average Bonchev–Trinajstić information content (AvgIpc) is 2.63. The minimum atomic E-state index is -3.14. The molecule has 0 aromatic rings. The second-order valence-electron chi connectivity index (χ2n) is 4.58. The molecule has 1 heterocycles. The lowest BCUT2D eigenvalue weighted by molar-refractivity contribution is -0.139. The fourth-order valence-corrected chi connectivity index (χ4v) is 3.83. The van der Waals surface area contributed by atoms with Crippen LogP contribution in [-0.4, -0.2) is 67.0 Å². The van der Waals surface area contributed by atoms with E-state index in [1.54, 1.807) is 0 Å². The zero-order valence-electron chi connectivity index (χ0n) is 10.7. The molecule has 0 saturated carbocycles. The molecule has 1 aliphatic heterocycles. The van der Waals surface area contributed by atoms with E-state index in [1.807, 2.05) is 5.32 Å². The molecule has 9 nitrogen and oxygen atoms in total. The average molecular weight is 307 g/mol. The number of urea groups is 1. The van der Waals surface area contributed by atoms with Crippen molar-refractivity contribution >= 4 is 27.7 Å². The van der Waals surface area contributed by atoms with Crippen molar-refractivity contribution in [2.45, 2.75) is 18.9 Å². The maximum atomic E-state index is 11.4. The summed E-state index contributed by atoms with van der Waals surface area (Å²) in [5.74, 6) is -1.84. The van der Waals surface area contributed by atoms with Crippen LogP contribution in [-0.2, 0) is 19.4 Å². The molecular weight excluding hydrogens is 290 g/mol. The Hall–Kier alpha value is -1.68. The highest BCUT2D eigenvalue weighted by atomic mass is 32.2. The number of carboxylic acids is 1. The Kier molecular flexibility index (Phi) is 5.45. The van der Waals surface area contributed by atoms with Crippen LogP contribution in [0.3, 0.4) is 0 Å². The highest BCUT2D eigenvalue weighted by molar-refractivity contribution is 7.91. The van der Waals surface area contributed by atoms with E-state index >= 15 is 0 Å². The Morgan fingerprint density at radius 3 is 2.45 bits per heavy atom. The Morgan fingerprint density at radius 2 is 2.00 bits per heavy atom. The van der Waals surface area contributed by atoms with Crippen molar-refractivity contribution < 1.29 is 27.9 Å². The molecule has 3 amide bonds. The van der Waals surface area contributed by atoms with Gasteiger partial charge in [0.15, 0.2) is 9.84 Å². The number of sulfone groups is 1. The van der Waals surface area contributed by atoms with Gasteiger partial charge in [-0.25, -0.2) is 13.2 Å². The van der Waals surface area contributed by atoms with Crippen molar-refractivity contribution in [2.24, 2.45) is 5.73 Å². The molecule has 1 fully saturated rings. The van der Waals surface area contributed by atoms with Gasteiger partial charge in [-0.2, -0.15) is 0 Å². The largest absolute Gasteiger partial charge is 0.480 e. The molecule has 1 saturated heterocycles. The number of nitrogens with two attached hydrogens (primary N) is 1. The summed E-state index contributed by atoms with van der Waals surface area (Å²) in [6, 6.07) is -1.40. The number of carbonyl (C=O) groups excluding carboxylic acids is 2. The third-order valence-corrected chi connectivity index (χ3v) is 4.70. The molecule has 10 heteroatoms. The number of primary amides is 1. The first-order valence-electron chi connectivity index (χ1n) is 5.95. The summed E-state index contributed by atoms with van der Waals surface area (Å²) in [5.41, 5.74) is 4.78. The summed E-state index contributed by atoms with van der Waals surface area (Å²) in [7, 11) is -3.14. The van der Waals surface area contributed by atoms with Crippen LogP contribution >= 0.6 is 0 Å². The molecule has 1 aliphatic rings. The molecule has 114 valence electrons. The summed E-state index contributed by atoms with van der Waals surface area (Å²) in [6.45, 7) is -0.310. The molecule has 0 bridgehead atoms. The van der Waals surface area contributed by atoms with Crippen molar-refractivity contribution in [3.05, 3.63) is 0 Å². The SMILES string of the molecule is NC(=O)NC(=O)CCN(CC(=O)O)C1CCS(=O)(=O)C1. The second-order valence-corrected chi connectivity index (χ2v) is 6.81. The predicted molar refractivity (Wildman–Crippen MR) is 68.6 cm³/mol. The number of rotatable bonds is 6. The Balaban J connectivity index is 2.59. The van der Waals surface area contributed by atoms with Crippen LogP contribution < -0.4 is 11.1 Å². The van der Waals surface area contributed by atoms with E-state index in [-0.39, 0.29) is 31.0 Å². The molecule has 0 aromatic heterocycles. The van der Waals surface area contributed by atoms with Crippen molar-refractivity contribution in [2.75, 3.05) is 24.6 Å². The lowest BCUT2D eigenvalue weighted by atomic mass is 10.2. The monoisotopic (exact) mass is 307 g/mol. The van der Waals surface area contributed by atoms with Gasteiger partial charge < -0.3 is 10.8 Å². The van der Waals surface area contributed by atoms with Gasteiger partial charge in [0.25, 0.3) is 0 Å². The summed E-state index contributed by atoms with van der Waals surface area (Å²) in [5, 5.41) is 10.7. The van der Waals surface area contributed by atoms with E-state index in [0.717, 1.165) is 0 Å². The molecule has 0 aromatic carbocycles. The fourth-order valence-electron chi connectivity index (χ4n) is 2.07. The third kappa shape index (κ3) is 5.53. The zero-order valence-corrected chi connectivity index (χ0v) is 11.6. The normalized spacial score (nSPS) is 20.8. The predicted octanol–water partition coefficient (Wildman–Crippen LogP) is -1.85. The minimum Gasteiger partial charge on any atom is -0.480 e. The number of nitrogens with zero attached hydrogens (tertiary/aromatic N) is 1. The van der Waals surface area contributed by atoms with Crippen LogP contribution in [0.4, 0.5) is 4.79 Å². The van der Waals surface area contributed by atoms with Gasteiger partial charge in [-0.05, 0) is 6.42 Å². The van der Waals surface area contributed by atoms with E-state index in [2.05, 4.69) is 0 Å². The molecule has 20 heavy (non-hydrogen) atoms. The maximum absolute atomic E-state index is 11.4. The van der Waals surface area contributed by atoms with Crippen molar-refractivity contribution in [1.82, 2.24) is 10.2 Å². The quantitative estimate of drug-likeness (QED) is 0.521. The van der Waals surface area contributed by atoms with Crippen LogP contribution in [0, 0.1) is 0 Å². The van der Waals surface area contributed by atoms with Gasteiger partial charge in [-0.15, -0.1) is 0 Å². The van der Waals surface area contributed by atoms with Gasteiger partial charge in [0, 0.05) is 19.0 Å². The number of aliphatic carboxylic acids is 1. The van der Waals surface area contributed by atoms with Gasteiger partial charge in [0.2, 0.25) is 5.91 Å². The third-order valence-electron chi connectivity index (χ3n) is 2.95. The highest BCUT2D eigenvalue weighted by Crippen LogP contribution is 2.17. The van der Waals surface area contributed by atoms with Gasteiger partial charge in [0.05, 0.1) is 18.1 Å². The van der Waals surface area contributed by atoms with Crippen molar-refractivity contribution in [1.29, 1.82) is 0 Å². The van der Waals surface area contributed by atoms with Crippen molar-refractivity contribution in [3.8, 4) is 0 Å². The standard InChI is InChI=1S/C10H17N3O6S/c11-10(17)12-8(14)1-3-13(5-9(15)16)7-2-4-20(18,19)6-7/h7H,1-6H2,(H,15,16)(H3,11,12,14,17). The lowest BCUT2D eigenvalue weighted by Crippen LogP contribution is -2.43. The summed E-state index contributed by atoms with van der Waals surface area (Å²) in [6.07, 6.45) is 0.208. The number of hydrogen-bond donors (Lipinski definition) is 3. The topological polar surface area (TPSA) is 147 Å². The minimum absolute atomic E-state index is 0.0151. The molecule has 0 aliphatic carbocycles. The molecule has 1 rings (SSSR count). The maximum Gasteiger partial charge on any atom is 0.318 e. The van der Waals surface area contributed by atoms with E-state index in [1.165, 1.54) is 4.90 Å². The Morgan fingerprint density at radius 1 is 1.35 bits per heavy atom. The van der Waals surface area contributed by atoms with Gasteiger partial charge in [0.1, 0.15) is 0 Å². The van der Waals surface area contributed by atoms with Gasteiger partial charge >= 0.3 is 12.0 Å². The van der Waals surface area contributed by atoms with Crippen LogP contribution in [0.15, 0.2) is 0 Å².